The van der Waals surface area contributed by atoms with Crippen molar-refractivity contribution in [1.82, 2.24) is 4.57 Å². The first kappa shape index (κ1) is 24.5. The molecule has 0 spiro atoms. The fourth-order valence-electron chi connectivity index (χ4n) is 6.17. The maximum Gasteiger partial charge on any atom is 0.0995 e. The lowest BCUT2D eigenvalue weighted by Gasteiger charge is -2.29. The van der Waals surface area contributed by atoms with Gasteiger partial charge >= 0.3 is 0 Å². The van der Waals surface area contributed by atoms with Gasteiger partial charge in [0.15, 0.2) is 0 Å². The van der Waals surface area contributed by atoms with Crippen LogP contribution in [0.25, 0.3) is 38.3 Å². The van der Waals surface area contributed by atoms with Gasteiger partial charge in [0, 0.05) is 45.5 Å². The number of anilines is 3. The van der Waals surface area contributed by atoms with E-state index in [4.69, 9.17) is 0 Å². The van der Waals surface area contributed by atoms with Gasteiger partial charge in [0.2, 0.25) is 0 Å². The number of allylic oxidation sites excluding steroid dienone is 4. The maximum atomic E-state index is 10.4. The minimum atomic E-state index is -0.844. The third-order valence-electron chi connectivity index (χ3n) is 8.11. The molecule has 1 aromatic heterocycles. The zero-order valence-electron chi connectivity index (χ0n) is 22.6. The van der Waals surface area contributed by atoms with Gasteiger partial charge in [-0.2, -0.15) is 10.5 Å². The first-order valence-corrected chi connectivity index (χ1v) is 13.7. The molecular formula is C37H26N4. The highest BCUT2D eigenvalue weighted by atomic mass is 15.1. The number of fused-ring (bicyclic) bond motifs is 5. The van der Waals surface area contributed by atoms with Crippen LogP contribution < -0.4 is 4.90 Å². The van der Waals surface area contributed by atoms with Gasteiger partial charge in [0.25, 0.3) is 0 Å². The Morgan fingerprint density at radius 1 is 0.683 bits per heavy atom. The summed E-state index contributed by atoms with van der Waals surface area (Å²) in [6, 6.07) is 45.0. The third-order valence-corrected chi connectivity index (χ3v) is 8.11. The summed E-state index contributed by atoms with van der Waals surface area (Å²) in [6.07, 6.45) is 4.19. The van der Waals surface area contributed by atoms with Crippen LogP contribution in [0.4, 0.5) is 17.1 Å². The van der Waals surface area contributed by atoms with Gasteiger partial charge in [-0.3, -0.25) is 0 Å². The molecule has 5 aromatic carbocycles. The number of aromatic nitrogens is 1. The standard InChI is InChI=1S/C37H26N4/c1-37(25-39)23-26(24-38)16-21-35(37)41-33-20-18-30(40(28-11-4-2-5-12-28)29-13-6-3-7-14-29)22-32(33)36-31-15-9-8-10-27(31)17-19-34(36)41/h2-22H,23H2,1H3. The van der Waals surface area contributed by atoms with Crippen LogP contribution in [-0.4, -0.2) is 4.57 Å². The molecule has 6 aromatic rings. The molecule has 1 aliphatic carbocycles. The topological polar surface area (TPSA) is 55.8 Å². The van der Waals surface area contributed by atoms with Gasteiger partial charge in [-0.1, -0.05) is 66.7 Å². The summed E-state index contributed by atoms with van der Waals surface area (Å²) in [5, 5.41) is 24.6. The predicted molar refractivity (Wildman–Crippen MR) is 168 cm³/mol. The number of hydrogen-bond acceptors (Lipinski definition) is 3. The molecule has 194 valence electrons. The lowest BCUT2D eigenvalue weighted by atomic mass is 9.78. The second-order valence-electron chi connectivity index (χ2n) is 10.7. The van der Waals surface area contributed by atoms with Gasteiger partial charge < -0.3 is 9.47 Å². The van der Waals surface area contributed by atoms with Crippen LogP contribution in [-0.2, 0) is 0 Å². The number of para-hydroxylation sites is 2. The molecule has 7 rings (SSSR count). The van der Waals surface area contributed by atoms with Crippen LogP contribution >= 0.6 is 0 Å². The summed E-state index contributed by atoms with van der Waals surface area (Å²) in [4.78, 5) is 2.27. The normalized spacial score (nSPS) is 16.7. The Morgan fingerprint density at radius 3 is 2.02 bits per heavy atom. The fraction of sp³-hybridized carbons (Fsp3) is 0.0811. The lowest BCUT2D eigenvalue weighted by molar-refractivity contribution is 0.561. The molecule has 0 saturated carbocycles. The largest absolute Gasteiger partial charge is 0.311 e. The van der Waals surface area contributed by atoms with Gasteiger partial charge in [-0.25, -0.2) is 0 Å². The summed E-state index contributed by atoms with van der Waals surface area (Å²) < 4.78 is 2.23. The SMILES string of the molecule is CC1(C#N)CC(C#N)=CC=C1n1c2ccc(N(c3ccccc3)c3ccccc3)cc2c2c3ccccc3ccc21. The van der Waals surface area contributed by atoms with Crippen molar-refractivity contribution in [2.75, 3.05) is 4.90 Å². The number of rotatable bonds is 4. The summed E-state index contributed by atoms with van der Waals surface area (Å²) in [6.45, 7) is 1.93. The van der Waals surface area contributed by atoms with E-state index in [0.29, 0.717) is 12.0 Å². The van der Waals surface area contributed by atoms with E-state index in [0.717, 1.165) is 44.6 Å². The van der Waals surface area contributed by atoms with Crippen molar-refractivity contribution < 1.29 is 0 Å². The second-order valence-corrected chi connectivity index (χ2v) is 10.7. The van der Waals surface area contributed by atoms with Crippen molar-refractivity contribution >= 4 is 55.3 Å². The second kappa shape index (κ2) is 9.56. The summed E-state index contributed by atoms with van der Waals surface area (Å²) in [5.74, 6) is 0. The molecule has 0 N–H and O–H groups in total. The molecule has 0 amide bonds. The van der Waals surface area contributed by atoms with Crippen LogP contribution in [0.3, 0.4) is 0 Å². The molecule has 1 heterocycles. The van der Waals surface area contributed by atoms with Crippen LogP contribution in [0.5, 0.6) is 0 Å². The van der Waals surface area contributed by atoms with Crippen molar-refractivity contribution in [2.24, 2.45) is 5.41 Å². The zero-order chi connectivity index (χ0) is 28.0. The smallest absolute Gasteiger partial charge is 0.0995 e. The lowest BCUT2D eigenvalue weighted by Crippen LogP contribution is -2.23. The Kier molecular flexibility index (Phi) is 5.70. The maximum absolute atomic E-state index is 10.4. The molecule has 1 unspecified atom stereocenters. The minimum absolute atomic E-state index is 0.383. The first-order valence-electron chi connectivity index (χ1n) is 13.7. The van der Waals surface area contributed by atoms with E-state index in [1.54, 1.807) is 0 Å². The Bertz CT molecular complexity index is 2060. The molecule has 0 radical (unpaired) electrons. The first-order chi connectivity index (χ1) is 20.1. The van der Waals surface area contributed by atoms with Crippen molar-refractivity contribution in [3.05, 3.63) is 133 Å². The molecule has 1 aliphatic rings. The predicted octanol–water partition coefficient (Wildman–Crippen LogP) is 9.64. The molecule has 41 heavy (non-hydrogen) atoms. The van der Waals surface area contributed by atoms with Crippen molar-refractivity contribution in [1.29, 1.82) is 10.5 Å². The van der Waals surface area contributed by atoms with Crippen LogP contribution in [0, 0.1) is 28.1 Å². The van der Waals surface area contributed by atoms with E-state index in [-0.39, 0.29) is 0 Å². The van der Waals surface area contributed by atoms with Crippen molar-refractivity contribution in [3.8, 4) is 12.1 Å². The monoisotopic (exact) mass is 526 g/mol. The number of nitrogens with zero attached hydrogens (tertiary/aromatic N) is 4. The van der Waals surface area contributed by atoms with Gasteiger partial charge in [-0.05, 0) is 78.4 Å². The molecule has 0 aliphatic heterocycles. The Morgan fingerprint density at radius 2 is 1.34 bits per heavy atom. The quantitative estimate of drug-likeness (QED) is 0.230. The van der Waals surface area contributed by atoms with Crippen molar-refractivity contribution in [2.45, 2.75) is 13.3 Å². The van der Waals surface area contributed by atoms with Crippen LogP contribution in [0.1, 0.15) is 13.3 Å². The van der Waals surface area contributed by atoms with E-state index in [1.165, 1.54) is 10.8 Å². The summed E-state index contributed by atoms with van der Waals surface area (Å²) in [7, 11) is 0. The number of nitriles is 2. The van der Waals surface area contributed by atoms with Crippen LogP contribution in [0.15, 0.2) is 133 Å². The van der Waals surface area contributed by atoms with Crippen molar-refractivity contribution in [3.63, 3.8) is 0 Å². The number of benzene rings is 5. The molecule has 0 saturated heterocycles. The molecule has 4 nitrogen and oxygen atoms in total. The van der Waals surface area contributed by atoms with Crippen LogP contribution in [0.2, 0.25) is 0 Å². The highest BCUT2D eigenvalue weighted by molar-refractivity contribution is 6.22. The summed E-state index contributed by atoms with van der Waals surface area (Å²) >= 11 is 0. The average molecular weight is 527 g/mol. The molecule has 1 atom stereocenters. The Hall–Kier alpha value is -5.58. The molecule has 0 fully saturated rings. The Labute approximate surface area is 238 Å². The van der Waals surface area contributed by atoms with Gasteiger partial charge in [-0.15, -0.1) is 0 Å². The van der Waals surface area contributed by atoms with E-state index in [1.807, 2.05) is 31.2 Å². The van der Waals surface area contributed by atoms with Gasteiger partial charge in [0.05, 0.1) is 28.6 Å². The minimum Gasteiger partial charge on any atom is -0.311 e. The van der Waals surface area contributed by atoms with E-state index in [2.05, 4.69) is 125 Å². The third kappa shape index (κ3) is 3.89. The average Bonchev–Trinajstić information content (AvgIpc) is 3.36. The molecular weight excluding hydrogens is 500 g/mol. The number of hydrogen-bond donors (Lipinski definition) is 0. The highest BCUT2D eigenvalue weighted by Gasteiger charge is 2.35. The molecule has 4 heteroatoms. The fourth-order valence-corrected chi connectivity index (χ4v) is 6.17. The zero-order valence-corrected chi connectivity index (χ0v) is 22.6. The highest BCUT2D eigenvalue weighted by Crippen LogP contribution is 2.46. The van der Waals surface area contributed by atoms with E-state index < -0.39 is 5.41 Å². The Balaban J connectivity index is 1.57. The van der Waals surface area contributed by atoms with Gasteiger partial charge in [0.1, 0.15) is 0 Å². The summed E-state index contributed by atoms with van der Waals surface area (Å²) in [5.41, 5.74) is 5.93. The van der Waals surface area contributed by atoms with E-state index in [9.17, 15) is 10.5 Å². The molecule has 0 bridgehead atoms. The van der Waals surface area contributed by atoms with E-state index >= 15 is 0 Å².